The van der Waals surface area contributed by atoms with E-state index in [2.05, 4.69) is 0 Å². The molecule has 0 aliphatic carbocycles. The molecule has 0 unspecified atom stereocenters. The van der Waals surface area contributed by atoms with Crippen LogP contribution in [0, 0.1) is 0 Å². The summed E-state index contributed by atoms with van der Waals surface area (Å²) in [6, 6.07) is 7.67. The van der Waals surface area contributed by atoms with E-state index in [1.165, 1.54) is 0 Å². The zero-order valence-corrected chi connectivity index (χ0v) is 9.96. The summed E-state index contributed by atoms with van der Waals surface area (Å²) in [6.07, 6.45) is 0.198. The van der Waals surface area contributed by atoms with Crippen molar-refractivity contribution in [3.05, 3.63) is 29.8 Å². The van der Waals surface area contributed by atoms with Crippen molar-refractivity contribution in [3.63, 3.8) is 0 Å². The van der Waals surface area contributed by atoms with Crippen LogP contribution >= 0.6 is 12.4 Å². The molecule has 0 aliphatic heterocycles. The summed E-state index contributed by atoms with van der Waals surface area (Å²) in [6.45, 7) is 4.46. The monoisotopic (exact) mass is 230 g/mol. The number of nitrogens with two attached hydrogens (primary N) is 2. The highest BCUT2D eigenvalue weighted by atomic mass is 35.5. The largest absolute Gasteiger partial charge is 0.491 e. The van der Waals surface area contributed by atoms with Crippen LogP contribution < -0.4 is 16.2 Å². The average Bonchev–Trinajstić information content (AvgIpc) is 2.17. The van der Waals surface area contributed by atoms with Gasteiger partial charge in [0.1, 0.15) is 5.75 Å². The predicted octanol–water partition coefficient (Wildman–Crippen LogP) is 1.85. The molecule has 3 nitrogen and oxygen atoms in total. The maximum Gasteiger partial charge on any atom is 0.119 e. The molecule has 1 aromatic carbocycles. The molecule has 0 heterocycles. The van der Waals surface area contributed by atoms with Crippen LogP contribution in [0.4, 0.5) is 0 Å². The Labute approximate surface area is 97.2 Å². The molecular weight excluding hydrogens is 212 g/mol. The van der Waals surface area contributed by atoms with Gasteiger partial charge in [0.2, 0.25) is 0 Å². The summed E-state index contributed by atoms with van der Waals surface area (Å²) in [4.78, 5) is 0. The molecule has 15 heavy (non-hydrogen) atoms. The molecule has 0 aromatic heterocycles. The fourth-order valence-corrected chi connectivity index (χ4v) is 1.20. The van der Waals surface area contributed by atoms with Gasteiger partial charge in [-0.1, -0.05) is 12.1 Å². The van der Waals surface area contributed by atoms with E-state index < -0.39 is 0 Å². The van der Waals surface area contributed by atoms with Crippen LogP contribution in [-0.2, 0) is 0 Å². The van der Waals surface area contributed by atoms with E-state index in [0.29, 0.717) is 6.54 Å². The van der Waals surface area contributed by atoms with E-state index in [-0.39, 0.29) is 24.6 Å². The molecule has 1 aromatic rings. The number of halogens is 1. The van der Waals surface area contributed by atoms with Crippen molar-refractivity contribution in [3.8, 4) is 5.75 Å². The van der Waals surface area contributed by atoms with Gasteiger partial charge in [-0.3, -0.25) is 0 Å². The Morgan fingerprint density at radius 3 is 2.13 bits per heavy atom. The van der Waals surface area contributed by atoms with Crippen molar-refractivity contribution in [1.29, 1.82) is 0 Å². The van der Waals surface area contributed by atoms with Crippen molar-refractivity contribution in [2.24, 2.45) is 11.5 Å². The van der Waals surface area contributed by atoms with Crippen molar-refractivity contribution in [2.75, 3.05) is 6.54 Å². The minimum absolute atomic E-state index is 0. The first-order chi connectivity index (χ1) is 6.63. The van der Waals surface area contributed by atoms with Crippen LogP contribution in [0.3, 0.4) is 0 Å². The molecule has 0 saturated heterocycles. The predicted molar refractivity (Wildman–Crippen MR) is 65.4 cm³/mol. The molecule has 0 amide bonds. The number of ether oxygens (including phenoxy) is 1. The molecular formula is C11H19ClN2O. The van der Waals surface area contributed by atoms with Crippen LogP contribution in [0.2, 0.25) is 0 Å². The van der Waals surface area contributed by atoms with Gasteiger partial charge in [-0.2, -0.15) is 0 Å². The first kappa shape index (κ1) is 14.2. The van der Waals surface area contributed by atoms with Crippen LogP contribution in [0.5, 0.6) is 5.75 Å². The lowest BCUT2D eigenvalue weighted by Crippen LogP contribution is -2.20. The lowest BCUT2D eigenvalue weighted by atomic mass is 10.1. The maximum absolute atomic E-state index is 5.78. The first-order valence-electron chi connectivity index (χ1n) is 4.85. The van der Waals surface area contributed by atoms with Gasteiger partial charge in [-0.15, -0.1) is 12.4 Å². The van der Waals surface area contributed by atoms with Gasteiger partial charge in [-0.25, -0.2) is 0 Å². The minimum Gasteiger partial charge on any atom is -0.491 e. The fourth-order valence-electron chi connectivity index (χ4n) is 1.20. The van der Waals surface area contributed by atoms with Gasteiger partial charge < -0.3 is 16.2 Å². The summed E-state index contributed by atoms with van der Waals surface area (Å²) >= 11 is 0. The number of hydrogen-bond acceptors (Lipinski definition) is 3. The molecule has 0 saturated carbocycles. The van der Waals surface area contributed by atoms with Crippen LogP contribution in [-0.4, -0.2) is 12.6 Å². The average molecular weight is 231 g/mol. The highest BCUT2D eigenvalue weighted by Gasteiger charge is 2.03. The van der Waals surface area contributed by atoms with Gasteiger partial charge >= 0.3 is 0 Å². The fraction of sp³-hybridized carbons (Fsp3) is 0.455. The second-order valence-corrected chi connectivity index (χ2v) is 3.58. The zero-order valence-electron chi connectivity index (χ0n) is 9.14. The third kappa shape index (κ3) is 4.51. The summed E-state index contributed by atoms with van der Waals surface area (Å²) in [7, 11) is 0. The van der Waals surface area contributed by atoms with Gasteiger partial charge in [0.25, 0.3) is 0 Å². The van der Waals surface area contributed by atoms with E-state index in [1.807, 2.05) is 38.1 Å². The molecule has 0 bridgehead atoms. The lowest BCUT2D eigenvalue weighted by Gasteiger charge is -2.12. The molecule has 0 fully saturated rings. The topological polar surface area (TPSA) is 61.3 Å². The van der Waals surface area contributed by atoms with Crippen LogP contribution in [0.25, 0.3) is 0 Å². The summed E-state index contributed by atoms with van der Waals surface area (Å²) in [5.41, 5.74) is 12.3. The molecule has 1 rings (SSSR count). The standard InChI is InChI=1S/C11H18N2O.ClH/c1-8(2)14-10-5-3-9(4-6-10)11(13)7-12;/h3-6,8,11H,7,12-13H2,1-2H3;1H/t11-;/m0./s1. The van der Waals surface area contributed by atoms with Crippen molar-refractivity contribution in [1.82, 2.24) is 0 Å². The Hall–Kier alpha value is -0.770. The third-order valence-corrected chi connectivity index (χ3v) is 1.93. The van der Waals surface area contributed by atoms with E-state index >= 15 is 0 Å². The van der Waals surface area contributed by atoms with Gasteiger partial charge in [0, 0.05) is 12.6 Å². The van der Waals surface area contributed by atoms with E-state index in [9.17, 15) is 0 Å². The molecule has 4 N–H and O–H groups in total. The van der Waals surface area contributed by atoms with E-state index in [1.54, 1.807) is 0 Å². The number of hydrogen-bond donors (Lipinski definition) is 2. The minimum atomic E-state index is -0.0805. The molecule has 0 spiro atoms. The van der Waals surface area contributed by atoms with E-state index in [4.69, 9.17) is 16.2 Å². The SMILES string of the molecule is CC(C)Oc1ccc([C@@H](N)CN)cc1.Cl. The first-order valence-corrected chi connectivity index (χ1v) is 4.85. The van der Waals surface area contributed by atoms with Crippen molar-refractivity contribution >= 4 is 12.4 Å². The number of rotatable bonds is 4. The molecule has 0 radical (unpaired) electrons. The van der Waals surface area contributed by atoms with E-state index in [0.717, 1.165) is 11.3 Å². The summed E-state index contributed by atoms with van der Waals surface area (Å²) in [5, 5.41) is 0. The van der Waals surface area contributed by atoms with Gasteiger partial charge in [0.15, 0.2) is 0 Å². The Balaban J connectivity index is 0.00000196. The second kappa shape index (κ2) is 6.67. The lowest BCUT2D eigenvalue weighted by molar-refractivity contribution is 0.242. The Bertz CT molecular complexity index is 274. The third-order valence-electron chi connectivity index (χ3n) is 1.93. The Morgan fingerprint density at radius 2 is 1.73 bits per heavy atom. The highest BCUT2D eigenvalue weighted by molar-refractivity contribution is 5.85. The summed E-state index contributed by atoms with van der Waals surface area (Å²) < 4.78 is 5.51. The number of benzene rings is 1. The quantitative estimate of drug-likeness (QED) is 0.830. The molecule has 1 atom stereocenters. The van der Waals surface area contributed by atoms with Gasteiger partial charge in [0.05, 0.1) is 6.10 Å². The Kier molecular flexibility index (Phi) is 6.32. The van der Waals surface area contributed by atoms with Crippen LogP contribution in [0.15, 0.2) is 24.3 Å². The second-order valence-electron chi connectivity index (χ2n) is 3.58. The van der Waals surface area contributed by atoms with Crippen molar-refractivity contribution < 1.29 is 4.74 Å². The van der Waals surface area contributed by atoms with Gasteiger partial charge in [-0.05, 0) is 31.5 Å². The Morgan fingerprint density at radius 1 is 1.20 bits per heavy atom. The zero-order chi connectivity index (χ0) is 10.6. The smallest absolute Gasteiger partial charge is 0.119 e. The maximum atomic E-state index is 5.78. The highest BCUT2D eigenvalue weighted by Crippen LogP contribution is 2.16. The molecule has 0 aliphatic rings. The molecule has 4 heteroatoms. The van der Waals surface area contributed by atoms with Crippen LogP contribution in [0.1, 0.15) is 25.5 Å². The molecule has 86 valence electrons. The summed E-state index contributed by atoms with van der Waals surface area (Å²) in [5.74, 6) is 0.868. The normalized spacial score (nSPS) is 12.1. The van der Waals surface area contributed by atoms with Crippen molar-refractivity contribution in [2.45, 2.75) is 26.0 Å².